The zero-order valence-electron chi connectivity index (χ0n) is 13.5. The highest BCUT2D eigenvalue weighted by Gasteiger charge is 2.23. The molecule has 3 rings (SSSR count). The Hall–Kier alpha value is -2.01. The van der Waals surface area contributed by atoms with Crippen LogP contribution in [-0.4, -0.2) is 38.7 Å². The highest BCUT2D eigenvalue weighted by Crippen LogP contribution is 2.19. The number of guanidine groups is 1. The van der Waals surface area contributed by atoms with Gasteiger partial charge in [0.15, 0.2) is 5.96 Å². The van der Waals surface area contributed by atoms with E-state index in [0.29, 0.717) is 6.04 Å². The van der Waals surface area contributed by atoms with E-state index in [4.69, 9.17) is 0 Å². The van der Waals surface area contributed by atoms with E-state index in [-0.39, 0.29) is 0 Å². The number of nitrogens with one attached hydrogen (secondary N) is 2. The third kappa shape index (κ3) is 4.48. The molecule has 0 saturated carbocycles. The van der Waals surface area contributed by atoms with Gasteiger partial charge in [-0.05, 0) is 36.4 Å². The van der Waals surface area contributed by atoms with Crippen molar-refractivity contribution >= 4 is 23.0 Å². The van der Waals surface area contributed by atoms with Gasteiger partial charge in [0, 0.05) is 43.3 Å². The summed E-state index contributed by atoms with van der Waals surface area (Å²) in [5.41, 5.74) is 1.30. The van der Waals surface area contributed by atoms with Crippen LogP contribution in [0.4, 0.5) is 5.69 Å². The highest BCUT2D eigenvalue weighted by molar-refractivity contribution is 7.09. The van der Waals surface area contributed by atoms with Crippen LogP contribution in [0.15, 0.2) is 52.8 Å². The van der Waals surface area contributed by atoms with Gasteiger partial charge in [-0.15, -0.1) is 11.3 Å². The summed E-state index contributed by atoms with van der Waals surface area (Å²) < 4.78 is 0. The Kier molecular flexibility index (Phi) is 5.53. The SMILES string of the molecule is CN=C(NCCc1cccs1)NC1CCN(c2ccccc2)C1. The highest BCUT2D eigenvalue weighted by atomic mass is 32.1. The zero-order valence-corrected chi connectivity index (χ0v) is 14.4. The van der Waals surface area contributed by atoms with Crippen LogP contribution in [0.3, 0.4) is 0 Å². The molecule has 0 radical (unpaired) electrons. The van der Waals surface area contributed by atoms with E-state index in [0.717, 1.165) is 38.4 Å². The molecule has 2 heterocycles. The molecule has 4 nitrogen and oxygen atoms in total. The van der Waals surface area contributed by atoms with Crippen LogP contribution in [0.5, 0.6) is 0 Å². The zero-order chi connectivity index (χ0) is 15.9. The van der Waals surface area contributed by atoms with Crippen molar-refractivity contribution in [2.45, 2.75) is 18.9 Å². The van der Waals surface area contributed by atoms with Gasteiger partial charge in [-0.2, -0.15) is 0 Å². The fourth-order valence-electron chi connectivity index (χ4n) is 2.90. The first kappa shape index (κ1) is 15.9. The first-order valence-corrected chi connectivity index (χ1v) is 9.02. The molecular formula is C18H24N4S. The molecule has 2 N–H and O–H groups in total. The fourth-order valence-corrected chi connectivity index (χ4v) is 3.61. The number of hydrogen-bond donors (Lipinski definition) is 2. The van der Waals surface area contributed by atoms with Crippen LogP contribution in [0, 0.1) is 0 Å². The smallest absolute Gasteiger partial charge is 0.191 e. The molecule has 0 aliphatic carbocycles. The van der Waals surface area contributed by atoms with E-state index in [2.05, 4.69) is 68.4 Å². The van der Waals surface area contributed by atoms with Crippen LogP contribution in [0.1, 0.15) is 11.3 Å². The third-order valence-corrected chi connectivity index (χ3v) is 5.05. The van der Waals surface area contributed by atoms with E-state index in [1.54, 1.807) is 11.3 Å². The van der Waals surface area contributed by atoms with Gasteiger partial charge in [0.2, 0.25) is 0 Å². The lowest BCUT2D eigenvalue weighted by atomic mass is 10.2. The van der Waals surface area contributed by atoms with E-state index < -0.39 is 0 Å². The number of benzene rings is 1. The van der Waals surface area contributed by atoms with Crippen LogP contribution in [-0.2, 0) is 6.42 Å². The molecule has 1 aromatic carbocycles. The number of thiophene rings is 1. The molecular weight excluding hydrogens is 304 g/mol. The third-order valence-electron chi connectivity index (χ3n) is 4.12. The lowest BCUT2D eigenvalue weighted by Crippen LogP contribution is -2.45. The van der Waals surface area contributed by atoms with Crippen molar-refractivity contribution < 1.29 is 0 Å². The van der Waals surface area contributed by atoms with Gasteiger partial charge < -0.3 is 15.5 Å². The number of nitrogens with zero attached hydrogens (tertiary/aromatic N) is 2. The number of rotatable bonds is 5. The Morgan fingerprint density at radius 2 is 2.13 bits per heavy atom. The van der Waals surface area contributed by atoms with E-state index in [1.807, 2.05) is 7.05 Å². The molecule has 1 aliphatic heterocycles. The van der Waals surface area contributed by atoms with Crippen LogP contribution in [0.25, 0.3) is 0 Å². The van der Waals surface area contributed by atoms with Gasteiger partial charge in [0.1, 0.15) is 0 Å². The molecule has 2 aromatic rings. The second kappa shape index (κ2) is 8.02. The minimum Gasteiger partial charge on any atom is -0.369 e. The Balaban J connectivity index is 1.44. The average molecular weight is 328 g/mol. The summed E-state index contributed by atoms with van der Waals surface area (Å²) in [5.74, 6) is 0.904. The molecule has 1 aliphatic rings. The molecule has 0 spiro atoms. The molecule has 122 valence electrons. The Labute approximate surface area is 142 Å². The van der Waals surface area contributed by atoms with Gasteiger partial charge in [-0.1, -0.05) is 24.3 Å². The normalized spacial score (nSPS) is 18.2. The first-order chi connectivity index (χ1) is 11.3. The van der Waals surface area contributed by atoms with Gasteiger partial charge in [0.05, 0.1) is 0 Å². The average Bonchev–Trinajstić information content (AvgIpc) is 3.26. The Bertz CT molecular complexity index is 609. The Morgan fingerprint density at radius 3 is 2.87 bits per heavy atom. The molecule has 5 heteroatoms. The maximum absolute atomic E-state index is 4.35. The predicted molar refractivity (Wildman–Crippen MR) is 99.6 cm³/mol. The van der Waals surface area contributed by atoms with Crippen molar-refractivity contribution in [2.24, 2.45) is 4.99 Å². The van der Waals surface area contributed by atoms with E-state index >= 15 is 0 Å². The lowest BCUT2D eigenvalue weighted by molar-refractivity contribution is 0.648. The van der Waals surface area contributed by atoms with Crippen molar-refractivity contribution in [2.75, 3.05) is 31.6 Å². The largest absolute Gasteiger partial charge is 0.369 e. The van der Waals surface area contributed by atoms with Crippen molar-refractivity contribution in [3.8, 4) is 0 Å². The quantitative estimate of drug-likeness (QED) is 0.655. The van der Waals surface area contributed by atoms with Gasteiger partial charge in [-0.25, -0.2) is 0 Å². The van der Waals surface area contributed by atoms with Crippen LogP contribution < -0.4 is 15.5 Å². The molecule has 0 amide bonds. The fraction of sp³-hybridized carbons (Fsp3) is 0.389. The summed E-state index contributed by atoms with van der Waals surface area (Å²) in [4.78, 5) is 8.18. The maximum Gasteiger partial charge on any atom is 0.191 e. The summed E-state index contributed by atoms with van der Waals surface area (Å²) in [7, 11) is 1.84. The monoisotopic (exact) mass is 328 g/mol. The number of anilines is 1. The molecule has 1 saturated heterocycles. The van der Waals surface area contributed by atoms with Crippen molar-refractivity contribution in [1.82, 2.24) is 10.6 Å². The standard InChI is InChI=1S/C18H24N4S/c1-19-18(20-11-9-17-8-5-13-23-17)21-15-10-12-22(14-15)16-6-3-2-4-7-16/h2-8,13,15H,9-12,14H2,1H3,(H2,19,20,21). The van der Waals surface area contributed by atoms with E-state index in [1.165, 1.54) is 10.6 Å². The summed E-state index contributed by atoms with van der Waals surface area (Å²) in [6, 6.07) is 15.3. The molecule has 0 bridgehead atoms. The second-order valence-corrected chi connectivity index (χ2v) is 6.77. The number of para-hydroxylation sites is 1. The topological polar surface area (TPSA) is 39.7 Å². The summed E-state index contributed by atoms with van der Waals surface area (Å²) in [5, 5.41) is 9.09. The summed E-state index contributed by atoms with van der Waals surface area (Å²) in [6.45, 7) is 3.03. The van der Waals surface area contributed by atoms with Crippen LogP contribution >= 0.6 is 11.3 Å². The van der Waals surface area contributed by atoms with E-state index in [9.17, 15) is 0 Å². The molecule has 1 atom stereocenters. The van der Waals surface area contributed by atoms with Gasteiger partial charge in [-0.3, -0.25) is 4.99 Å². The number of hydrogen-bond acceptors (Lipinski definition) is 3. The van der Waals surface area contributed by atoms with Crippen molar-refractivity contribution in [1.29, 1.82) is 0 Å². The molecule has 1 fully saturated rings. The van der Waals surface area contributed by atoms with Crippen LogP contribution in [0.2, 0.25) is 0 Å². The second-order valence-electron chi connectivity index (χ2n) is 5.74. The Morgan fingerprint density at radius 1 is 1.26 bits per heavy atom. The minimum absolute atomic E-state index is 0.447. The number of aliphatic imine (C=N–C) groups is 1. The molecule has 23 heavy (non-hydrogen) atoms. The summed E-state index contributed by atoms with van der Waals surface area (Å²) in [6.07, 6.45) is 2.18. The minimum atomic E-state index is 0.447. The summed E-state index contributed by atoms with van der Waals surface area (Å²) >= 11 is 1.81. The van der Waals surface area contributed by atoms with Gasteiger partial charge >= 0.3 is 0 Å². The first-order valence-electron chi connectivity index (χ1n) is 8.15. The lowest BCUT2D eigenvalue weighted by Gasteiger charge is -2.20. The van der Waals surface area contributed by atoms with Crippen molar-refractivity contribution in [3.63, 3.8) is 0 Å². The van der Waals surface area contributed by atoms with Crippen molar-refractivity contribution in [3.05, 3.63) is 52.7 Å². The molecule has 1 aromatic heterocycles. The maximum atomic E-state index is 4.35. The molecule has 1 unspecified atom stereocenters. The van der Waals surface area contributed by atoms with Gasteiger partial charge in [0.25, 0.3) is 0 Å². The predicted octanol–water partition coefficient (Wildman–Crippen LogP) is 2.73.